The highest BCUT2D eigenvalue weighted by atomic mass is 19.1. The maximum atomic E-state index is 13.5. The fourth-order valence-corrected chi connectivity index (χ4v) is 2.24. The number of para-hydroxylation sites is 1. The Morgan fingerprint density at radius 3 is 2.68 bits per heavy atom. The summed E-state index contributed by atoms with van der Waals surface area (Å²) >= 11 is 0. The van der Waals surface area contributed by atoms with Crippen molar-refractivity contribution in [1.82, 2.24) is 9.97 Å². The molecule has 0 saturated heterocycles. The average Bonchev–Trinajstić information content (AvgIpc) is 2.83. The maximum absolute atomic E-state index is 13.5. The first-order valence-corrected chi connectivity index (χ1v) is 5.98. The number of fused-ring (bicyclic) bond motifs is 1. The van der Waals surface area contributed by atoms with Gasteiger partial charge in [-0.1, -0.05) is 6.07 Å². The van der Waals surface area contributed by atoms with Gasteiger partial charge in [0.25, 0.3) is 5.56 Å². The number of nitrogens with one attached hydrogen (secondary N) is 2. The molecule has 0 unspecified atom stereocenters. The van der Waals surface area contributed by atoms with E-state index in [4.69, 9.17) is 0 Å². The van der Waals surface area contributed by atoms with Crippen LogP contribution in [0.5, 0.6) is 0 Å². The quantitative estimate of drug-likeness (QED) is 0.874. The minimum absolute atomic E-state index is 0.0645. The Morgan fingerprint density at radius 1 is 1.21 bits per heavy atom. The number of aromatic nitrogens is 2. The summed E-state index contributed by atoms with van der Waals surface area (Å²) in [6.45, 7) is 0. The molecular formula is C13H11F2N3O. The van der Waals surface area contributed by atoms with Gasteiger partial charge in [0.05, 0.1) is 5.69 Å². The number of anilines is 2. The minimum Gasteiger partial charge on any atom is -0.321 e. The van der Waals surface area contributed by atoms with Crippen molar-refractivity contribution in [2.45, 2.75) is 19.3 Å². The van der Waals surface area contributed by atoms with Crippen LogP contribution in [0.15, 0.2) is 23.0 Å². The van der Waals surface area contributed by atoms with Gasteiger partial charge in [-0.2, -0.15) is 0 Å². The van der Waals surface area contributed by atoms with Crippen LogP contribution in [-0.2, 0) is 12.8 Å². The molecule has 4 nitrogen and oxygen atoms in total. The number of benzene rings is 1. The molecule has 1 aromatic carbocycles. The minimum atomic E-state index is -0.733. The first-order chi connectivity index (χ1) is 9.15. The predicted molar refractivity (Wildman–Crippen MR) is 66.5 cm³/mol. The average molecular weight is 263 g/mol. The zero-order chi connectivity index (χ0) is 13.4. The number of hydrogen-bond donors (Lipinski definition) is 2. The monoisotopic (exact) mass is 263 g/mol. The van der Waals surface area contributed by atoms with E-state index >= 15 is 0 Å². The van der Waals surface area contributed by atoms with Crippen LogP contribution in [0.4, 0.5) is 20.4 Å². The first kappa shape index (κ1) is 11.8. The number of H-pyrrole nitrogens is 1. The lowest BCUT2D eigenvalue weighted by Gasteiger charge is -2.08. The van der Waals surface area contributed by atoms with Gasteiger partial charge in [0.2, 0.25) is 5.95 Å². The van der Waals surface area contributed by atoms with E-state index in [9.17, 15) is 13.6 Å². The fraction of sp³-hybridized carbons (Fsp3) is 0.231. The molecule has 0 radical (unpaired) electrons. The summed E-state index contributed by atoms with van der Waals surface area (Å²) in [6, 6.07) is 3.54. The third kappa shape index (κ3) is 2.09. The Kier molecular flexibility index (Phi) is 2.77. The van der Waals surface area contributed by atoms with Crippen molar-refractivity contribution in [3.8, 4) is 0 Å². The van der Waals surface area contributed by atoms with Crippen molar-refractivity contribution >= 4 is 11.6 Å². The number of rotatable bonds is 2. The SMILES string of the molecule is O=c1[nH]c(Nc2c(F)cccc2F)nc2c1CCC2. The normalized spacial score (nSPS) is 13.4. The van der Waals surface area contributed by atoms with Gasteiger partial charge in [-0.15, -0.1) is 0 Å². The van der Waals surface area contributed by atoms with Gasteiger partial charge in [-0.05, 0) is 31.4 Å². The first-order valence-electron chi connectivity index (χ1n) is 5.98. The zero-order valence-electron chi connectivity index (χ0n) is 9.96. The molecule has 0 saturated carbocycles. The maximum Gasteiger partial charge on any atom is 0.255 e. The van der Waals surface area contributed by atoms with Crippen LogP contribution in [0.2, 0.25) is 0 Å². The van der Waals surface area contributed by atoms with Gasteiger partial charge in [0.1, 0.15) is 17.3 Å². The van der Waals surface area contributed by atoms with Crippen molar-refractivity contribution in [1.29, 1.82) is 0 Å². The topological polar surface area (TPSA) is 57.8 Å². The van der Waals surface area contributed by atoms with Gasteiger partial charge >= 0.3 is 0 Å². The second-order valence-electron chi connectivity index (χ2n) is 4.41. The summed E-state index contributed by atoms with van der Waals surface area (Å²) in [7, 11) is 0. The zero-order valence-corrected chi connectivity index (χ0v) is 9.96. The Bertz CT molecular complexity index is 677. The fourth-order valence-electron chi connectivity index (χ4n) is 2.24. The third-order valence-electron chi connectivity index (χ3n) is 3.15. The molecule has 98 valence electrons. The van der Waals surface area contributed by atoms with E-state index < -0.39 is 11.6 Å². The van der Waals surface area contributed by atoms with Crippen LogP contribution in [0.3, 0.4) is 0 Å². The van der Waals surface area contributed by atoms with E-state index in [1.807, 2.05) is 0 Å². The van der Waals surface area contributed by atoms with E-state index in [2.05, 4.69) is 15.3 Å². The Morgan fingerprint density at radius 2 is 1.95 bits per heavy atom. The van der Waals surface area contributed by atoms with E-state index in [-0.39, 0.29) is 17.2 Å². The van der Waals surface area contributed by atoms with Gasteiger partial charge in [0, 0.05) is 5.56 Å². The third-order valence-corrected chi connectivity index (χ3v) is 3.15. The van der Waals surface area contributed by atoms with Crippen LogP contribution in [0, 0.1) is 11.6 Å². The molecule has 3 rings (SSSR count). The van der Waals surface area contributed by atoms with Crippen molar-refractivity contribution in [2.75, 3.05) is 5.32 Å². The summed E-state index contributed by atoms with van der Waals surface area (Å²) in [5, 5.41) is 2.49. The molecule has 0 amide bonds. The van der Waals surface area contributed by atoms with Crippen molar-refractivity contribution in [3.05, 3.63) is 51.4 Å². The molecule has 0 atom stereocenters. The van der Waals surface area contributed by atoms with Crippen molar-refractivity contribution in [3.63, 3.8) is 0 Å². The highest BCUT2D eigenvalue weighted by Gasteiger charge is 2.18. The van der Waals surface area contributed by atoms with Crippen LogP contribution in [0.25, 0.3) is 0 Å². The van der Waals surface area contributed by atoms with E-state index in [1.165, 1.54) is 6.07 Å². The lowest BCUT2D eigenvalue weighted by Crippen LogP contribution is -2.16. The Balaban J connectivity index is 2.01. The van der Waals surface area contributed by atoms with Crippen LogP contribution in [0.1, 0.15) is 17.7 Å². The molecule has 1 heterocycles. The number of halogens is 2. The number of aryl methyl sites for hydroxylation is 1. The molecular weight excluding hydrogens is 252 g/mol. The molecule has 0 aliphatic heterocycles. The van der Waals surface area contributed by atoms with Gasteiger partial charge in [-0.25, -0.2) is 13.8 Å². The van der Waals surface area contributed by atoms with Gasteiger partial charge in [-0.3, -0.25) is 9.78 Å². The standard InChI is InChI=1S/C13H11F2N3O/c14-8-4-2-5-9(15)11(8)17-13-16-10-6-1-3-7(10)12(19)18-13/h2,4-5H,1,3,6H2,(H2,16,17,18,19). The van der Waals surface area contributed by atoms with Crippen LogP contribution < -0.4 is 10.9 Å². The largest absolute Gasteiger partial charge is 0.321 e. The second-order valence-corrected chi connectivity index (χ2v) is 4.41. The molecule has 1 aliphatic carbocycles. The summed E-state index contributed by atoms with van der Waals surface area (Å²) in [6.07, 6.45) is 2.29. The number of nitrogens with zero attached hydrogens (tertiary/aromatic N) is 1. The van der Waals surface area contributed by atoms with Crippen molar-refractivity contribution < 1.29 is 8.78 Å². The molecule has 2 aromatic rings. The molecule has 1 aromatic heterocycles. The highest BCUT2D eigenvalue weighted by Crippen LogP contribution is 2.22. The Labute approximate surface area is 107 Å². The summed E-state index contributed by atoms with van der Waals surface area (Å²) in [5.41, 5.74) is 0.799. The lowest BCUT2D eigenvalue weighted by molar-refractivity contribution is 0.590. The van der Waals surface area contributed by atoms with Crippen LogP contribution >= 0.6 is 0 Å². The molecule has 0 bridgehead atoms. The molecule has 0 spiro atoms. The van der Waals surface area contributed by atoms with E-state index in [0.29, 0.717) is 24.1 Å². The molecule has 0 fully saturated rings. The second kappa shape index (κ2) is 4.46. The molecule has 1 aliphatic rings. The summed E-state index contributed by atoms with van der Waals surface area (Å²) in [5.74, 6) is -1.40. The number of hydrogen-bond acceptors (Lipinski definition) is 3. The molecule has 6 heteroatoms. The van der Waals surface area contributed by atoms with Gasteiger partial charge < -0.3 is 5.32 Å². The summed E-state index contributed by atoms with van der Waals surface area (Å²) < 4.78 is 27.0. The van der Waals surface area contributed by atoms with E-state index in [0.717, 1.165) is 18.6 Å². The van der Waals surface area contributed by atoms with Crippen molar-refractivity contribution in [2.24, 2.45) is 0 Å². The van der Waals surface area contributed by atoms with Crippen LogP contribution in [-0.4, -0.2) is 9.97 Å². The van der Waals surface area contributed by atoms with E-state index in [1.54, 1.807) is 0 Å². The predicted octanol–water partition coefficient (Wildman–Crippen LogP) is 2.28. The summed E-state index contributed by atoms with van der Waals surface area (Å²) in [4.78, 5) is 18.5. The lowest BCUT2D eigenvalue weighted by atomic mass is 10.2. The smallest absolute Gasteiger partial charge is 0.255 e. The molecule has 2 N–H and O–H groups in total. The Hall–Kier alpha value is -2.24. The van der Waals surface area contributed by atoms with Gasteiger partial charge in [0.15, 0.2) is 0 Å². The number of aromatic amines is 1. The molecule has 19 heavy (non-hydrogen) atoms. The highest BCUT2D eigenvalue weighted by molar-refractivity contribution is 5.55.